The highest BCUT2D eigenvalue weighted by Gasteiger charge is 2.16. The van der Waals surface area contributed by atoms with Crippen LogP contribution >= 0.6 is 11.3 Å². The van der Waals surface area contributed by atoms with Gasteiger partial charge in [0.05, 0.1) is 18.0 Å². The normalized spacial score (nSPS) is 12.6. The Morgan fingerprint density at radius 1 is 1.43 bits per heavy atom. The summed E-state index contributed by atoms with van der Waals surface area (Å²) in [6.07, 6.45) is 1.69. The molecular weight excluding hydrogens is 286 g/mol. The van der Waals surface area contributed by atoms with E-state index in [9.17, 15) is 4.79 Å². The van der Waals surface area contributed by atoms with Crippen LogP contribution in [0, 0.1) is 0 Å². The van der Waals surface area contributed by atoms with E-state index in [-0.39, 0.29) is 11.9 Å². The van der Waals surface area contributed by atoms with Crippen LogP contribution in [0.2, 0.25) is 0 Å². The second kappa shape index (κ2) is 7.40. The SMILES string of the molecule is CC(=O)Nc1ccsc1CNCC(c1ccco1)N(C)C. The zero-order valence-electron chi connectivity index (χ0n) is 12.6. The molecule has 0 saturated carbocycles. The number of thiophene rings is 1. The van der Waals surface area contributed by atoms with Gasteiger partial charge in [0.2, 0.25) is 5.91 Å². The summed E-state index contributed by atoms with van der Waals surface area (Å²) in [5.74, 6) is 0.900. The minimum atomic E-state index is -0.0450. The molecule has 0 aliphatic rings. The second-order valence-corrected chi connectivity index (χ2v) is 6.07. The number of anilines is 1. The number of hydrogen-bond donors (Lipinski definition) is 2. The largest absolute Gasteiger partial charge is 0.468 e. The average Bonchev–Trinajstić information content (AvgIpc) is 3.05. The lowest BCUT2D eigenvalue weighted by atomic mass is 10.2. The monoisotopic (exact) mass is 307 g/mol. The van der Waals surface area contributed by atoms with E-state index in [1.165, 1.54) is 6.92 Å². The molecule has 0 spiro atoms. The summed E-state index contributed by atoms with van der Waals surface area (Å²) in [5, 5.41) is 8.26. The van der Waals surface area contributed by atoms with Crippen molar-refractivity contribution in [3.63, 3.8) is 0 Å². The van der Waals surface area contributed by atoms with Gasteiger partial charge in [-0.05, 0) is 37.7 Å². The van der Waals surface area contributed by atoms with Crippen LogP contribution in [0.3, 0.4) is 0 Å². The van der Waals surface area contributed by atoms with Gasteiger partial charge in [0.1, 0.15) is 5.76 Å². The van der Waals surface area contributed by atoms with Crippen LogP contribution in [0.25, 0.3) is 0 Å². The Balaban J connectivity index is 1.91. The maximum atomic E-state index is 11.1. The third-order valence-corrected chi connectivity index (χ3v) is 4.10. The lowest BCUT2D eigenvalue weighted by molar-refractivity contribution is -0.114. The third-order valence-electron chi connectivity index (χ3n) is 3.17. The van der Waals surface area contributed by atoms with Crippen LogP contribution in [-0.2, 0) is 11.3 Å². The second-order valence-electron chi connectivity index (χ2n) is 5.06. The Hall–Kier alpha value is -1.63. The molecule has 114 valence electrons. The molecule has 2 N–H and O–H groups in total. The zero-order valence-corrected chi connectivity index (χ0v) is 13.4. The summed E-state index contributed by atoms with van der Waals surface area (Å²) in [5.41, 5.74) is 0.888. The summed E-state index contributed by atoms with van der Waals surface area (Å²) in [7, 11) is 4.06. The van der Waals surface area contributed by atoms with Crippen molar-refractivity contribution >= 4 is 22.9 Å². The number of hydrogen-bond acceptors (Lipinski definition) is 5. The van der Waals surface area contributed by atoms with Crippen molar-refractivity contribution in [3.05, 3.63) is 40.5 Å². The van der Waals surface area contributed by atoms with Crippen molar-refractivity contribution < 1.29 is 9.21 Å². The van der Waals surface area contributed by atoms with Gasteiger partial charge in [-0.2, -0.15) is 0 Å². The van der Waals surface area contributed by atoms with E-state index in [4.69, 9.17) is 4.42 Å². The number of nitrogens with zero attached hydrogens (tertiary/aromatic N) is 1. The molecule has 0 fully saturated rings. The van der Waals surface area contributed by atoms with Crippen molar-refractivity contribution in [1.29, 1.82) is 0 Å². The number of furan rings is 1. The fourth-order valence-corrected chi connectivity index (χ4v) is 2.92. The number of carbonyl (C=O) groups is 1. The number of amides is 1. The summed E-state index contributed by atoms with van der Waals surface area (Å²) < 4.78 is 5.49. The Morgan fingerprint density at radius 2 is 2.24 bits per heavy atom. The van der Waals surface area contributed by atoms with Crippen LogP contribution in [0.4, 0.5) is 5.69 Å². The fraction of sp³-hybridized carbons (Fsp3) is 0.400. The quantitative estimate of drug-likeness (QED) is 0.826. The van der Waals surface area contributed by atoms with Gasteiger partial charge in [-0.1, -0.05) is 0 Å². The zero-order chi connectivity index (χ0) is 15.2. The van der Waals surface area contributed by atoms with Crippen molar-refractivity contribution in [2.24, 2.45) is 0 Å². The predicted molar refractivity (Wildman–Crippen MR) is 85.5 cm³/mol. The van der Waals surface area contributed by atoms with E-state index >= 15 is 0 Å². The molecule has 0 aliphatic carbocycles. The van der Waals surface area contributed by atoms with Gasteiger partial charge in [-0.3, -0.25) is 9.69 Å². The van der Waals surface area contributed by atoms with Gasteiger partial charge in [-0.25, -0.2) is 0 Å². The van der Waals surface area contributed by atoms with E-state index in [1.807, 2.05) is 37.7 Å². The number of nitrogens with one attached hydrogen (secondary N) is 2. The standard InChI is InChI=1S/C15H21N3O2S/c1-11(19)17-12-6-8-21-15(12)10-16-9-13(18(2)3)14-5-4-7-20-14/h4-8,13,16H,9-10H2,1-3H3,(H,17,19). The van der Waals surface area contributed by atoms with Crippen LogP contribution in [-0.4, -0.2) is 31.4 Å². The van der Waals surface area contributed by atoms with Gasteiger partial charge >= 0.3 is 0 Å². The van der Waals surface area contributed by atoms with E-state index in [1.54, 1.807) is 17.6 Å². The Morgan fingerprint density at radius 3 is 2.86 bits per heavy atom. The van der Waals surface area contributed by atoms with Gasteiger partial charge in [0.25, 0.3) is 0 Å². The molecule has 1 unspecified atom stereocenters. The number of rotatable bonds is 7. The number of likely N-dealkylation sites (N-methyl/N-ethyl adjacent to an activating group) is 1. The fourth-order valence-electron chi connectivity index (χ4n) is 2.12. The number of carbonyl (C=O) groups excluding carboxylic acids is 1. The van der Waals surface area contributed by atoms with Gasteiger partial charge in [0.15, 0.2) is 0 Å². The van der Waals surface area contributed by atoms with E-state index in [0.29, 0.717) is 0 Å². The lowest BCUT2D eigenvalue weighted by Crippen LogP contribution is -2.30. The van der Waals surface area contributed by atoms with Crippen LogP contribution in [0.5, 0.6) is 0 Å². The first-order valence-electron chi connectivity index (χ1n) is 6.82. The summed E-state index contributed by atoms with van der Waals surface area (Å²) >= 11 is 1.63. The van der Waals surface area contributed by atoms with E-state index < -0.39 is 0 Å². The molecule has 0 aromatic carbocycles. The molecule has 2 aromatic rings. The highest BCUT2D eigenvalue weighted by atomic mass is 32.1. The molecule has 0 saturated heterocycles. The van der Waals surface area contributed by atoms with E-state index in [0.717, 1.165) is 29.4 Å². The molecule has 2 heterocycles. The van der Waals surface area contributed by atoms with Gasteiger partial charge in [0, 0.05) is 24.9 Å². The minimum Gasteiger partial charge on any atom is -0.468 e. The van der Waals surface area contributed by atoms with E-state index in [2.05, 4.69) is 15.5 Å². The van der Waals surface area contributed by atoms with Crippen LogP contribution in [0.15, 0.2) is 34.3 Å². The molecule has 0 aliphatic heterocycles. The first-order valence-corrected chi connectivity index (χ1v) is 7.70. The Kier molecular flexibility index (Phi) is 5.55. The molecule has 2 aromatic heterocycles. The smallest absolute Gasteiger partial charge is 0.221 e. The van der Waals surface area contributed by atoms with Crippen LogP contribution < -0.4 is 10.6 Å². The highest BCUT2D eigenvalue weighted by molar-refractivity contribution is 7.10. The maximum absolute atomic E-state index is 11.1. The first kappa shape index (κ1) is 15.8. The molecule has 0 bridgehead atoms. The van der Waals surface area contributed by atoms with Gasteiger partial charge < -0.3 is 15.1 Å². The highest BCUT2D eigenvalue weighted by Crippen LogP contribution is 2.23. The lowest BCUT2D eigenvalue weighted by Gasteiger charge is -2.22. The summed E-state index contributed by atoms with van der Waals surface area (Å²) in [4.78, 5) is 14.4. The molecule has 21 heavy (non-hydrogen) atoms. The molecule has 1 amide bonds. The minimum absolute atomic E-state index is 0.0450. The third kappa shape index (κ3) is 4.42. The Labute approximate surface area is 128 Å². The molecular formula is C15H21N3O2S. The molecule has 0 radical (unpaired) electrons. The van der Waals surface area contributed by atoms with Crippen molar-refractivity contribution in [1.82, 2.24) is 10.2 Å². The first-order chi connectivity index (χ1) is 10.1. The molecule has 6 heteroatoms. The molecule has 1 atom stereocenters. The van der Waals surface area contributed by atoms with Crippen molar-refractivity contribution in [2.45, 2.75) is 19.5 Å². The van der Waals surface area contributed by atoms with Gasteiger partial charge in [-0.15, -0.1) is 11.3 Å². The topological polar surface area (TPSA) is 57.5 Å². The maximum Gasteiger partial charge on any atom is 0.221 e. The van der Waals surface area contributed by atoms with Crippen LogP contribution in [0.1, 0.15) is 23.6 Å². The predicted octanol–water partition coefficient (Wildman–Crippen LogP) is 2.69. The molecule has 2 rings (SSSR count). The van der Waals surface area contributed by atoms with Crippen molar-refractivity contribution in [3.8, 4) is 0 Å². The summed E-state index contributed by atoms with van der Waals surface area (Å²) in [6.45, 7) is 3.02. The summed E-state index contributed by atoms with van der Waals surface area (Å²) in [6, 6.07) is 6.00. The Bertz CT molecular complexity index is 563. The average molecular weight is 307 g/mol. The van der Waals surface area contributed by atoms with Crippen molar-refractivity contribution in [2.75, 3.05) is 26.0 Å². The molecule has 5 nitrogen and oxygen atoms in total.